The van der Waals surface area contributed by atoms with E-state index < -0.39 is 11.9 Å². The van der Waals surface area contributed by atoms with Gasteiger partial charge in [0.15, 0.2) is 10.8 Å². The van der Waals surface area contributed by atoms with E-state index in [1.165, 1.54) is 22.2 Å². The third kappa shape index (κ3) is 3.41. The van der Waals surface area contributed by atoms with Crippen LogP contribution < -0.4 is 5.73 Å². The summed E-state index contributed by atoms with van der Waals surface area (Å²) in [5, 5.41) is 4.22. The fourth-order valence-electron chi connectivity index (χ4n) is 2.70. The molecular weight excluding hydrogens is 315 g/mol. The highest BCUT2D eigenvalue weighted by Gasteiger charge is 2.34. The van der Waals surface area contributed by atoms with Crippen molar-refractivity contribution in [2.45, 2.75) is 31.6 Å². The minimum atomic E-state index is -4.39. The quantitative estimate of drug-likeness (QED) is 0.939. The molecule has 2 aromatic rings. The molecule has 1 aliphatic heterocycles. The molecule has 1 atom stereocenters. The number of thiazole rings is 1. The summed E-state index contributed by atoms with van der Waals surface area (Å²) in [6, 6.07) is 0.998. The summed E-state index contributed by atoms with van der Waals surface area (Å²) in [4.78, 5) is 7.29. The van der Waals surface area contributed by atoms with Gasteiger partial charge in [-0.25, -0.2) is 4.98 Å². The molecule has 0 aliphatic carbocycles. The van der Waals surface area contributed by atoms with Gasteiger partial charge in [0.2, 0.25) is 0 Å². The Kier molecular flexibility index (Phi) is 4.09. The van der Waals surface area contributed by atoms with E-state index in [0.717, 1.165) is 36.9 Å². The number of nitrogen functional groups attached to an aromatic ring is 1. The molecule has 3 rings (SSSR count). The second-order valence-corrected chi connectivity index (χ2v) is 6.52. The first-order valence-corrected chi connectivity index (χ1v) is 7.78. The van der Waals surface area contributed by atoms with Gasteiger partial charge in [0, 0.05) is 30.4 Å². The second-order valence-electron chi connectivity index (χ2n) is 5.37. The Hall–Kier alpha value is -1.61. The lowest BCUT2D eigenvalue weighted by Gasteiger charge is -2.32. The molecule has 0 aromatic carbocycles. The Labute approximate surface area is 129 Å². The van der Waals surface area contributed by atoms with Crippen LogP contribution in [0.1, 0.15) is 29.5 Å². The number of piperidine rings is 1. The Balaban J connectivity index is 1.66. The monoisotopic (exact) mass is 331 g/mol. The number of anilines is 1. The average Bonchev–Trinajstić information content (AvgIpc) is 3.08. The predicted molar refractivity (Wildman–Crippen MR) is 77.3 cm³/mol. The summed E-state index contributed by atoms with van der Waals surface area (Å²) in [6.07, 6.45) is 0.543. The molecule has 1 unspecified atom stereocenters. The highest BCUT2D eigenvalue weighted by Crippen LogP contribution is 2.29. The first-order chi connectivity index (χ1) is 10.4. The fraction of sp³-hybridized carbons (Fsp3) is 0.538. The minimum Gasteiger partial charge on any atom is -0.375 e. The molecule has 3 heterocycles. The third-order valence-electron chi connectivity index (χ3n) is 3.70. The van der Waals surface area contributed by atoms with Crippen LogP contribution in [0.15, 0.2) is 18.5 Å². The molecule has 22 heavy (non-hydrogen) atoms. The minimum absolute atomic E-state index is 0.0323. The molecule has 0 bridgehead atoms. The molecule has 2 aromatic heterocycles. The van der Waals surface area contributed by atoms with E-state index >= 15 is 0 Å². The summed E-state index contributed by atoms with van der Waals surface area (Å²) in [5.41, 5.74) is 4.78. The van der Waals surface area contributed by atoms with Crippen molar-refractivity contribution >= 4 is 16.5 Å². The van der Waals surface area contributed by atoms with Gasteiger partial charge in [0.1, 0.15) is 0 Å². The Morgan fingerprint density at radius 1 is 1.41 bits per heavy atom. The van der Waals surface area contributed by atoms with Gasteiger partial charge in [-0.05, 0) is 25.5 Å². The van der Waals surface area contributed by atoms with Gasteiger partial charge < -0.3 is 5.73 Å². The number of nitrogens with zero attached hydrogens (tertiary/aromatic N) is 4. The van der Waals surface area contributed by atoms with Crippen LogP contribution in [0.4, 0.5) is 18.3 Å². The first kappa shape index (κ1) is 15.3. The highest BCUT2D eigenvalue weighted by molar-refractivity contribution is 7.15. The van der Waals surface area contributed by atoms with Gasteiger partial charge in [-0.2, -0.15) is 18.3 Å². The molecule has 1 fully saturated rings. The van der Waals surface area contributed by atoms with Gasteiger partial charge in [0.05, 0.1) is 6.04 Å². The SMILES string of the molecule is Nc1ncc(CN2CCCC(n3ccc(C(F)(F)F)n3)C2)s1. The number of aromatic nitrogens is 3. The van der Waals surface area contributed by atoms with E-state index in [1.807, 2.05) is 0 Å². The maximum absolute atomic E-state index is 12.6. The van der Waals surface area contributed by atoms with Gasteiger partial charge in [-0.15, -0.1) is 11.3 Å². The van der Waals surface area contributed by atoms with Crippen LogP contribution in [0.3, 0.4) is 0 Å². The normalized spacial score (nSPS) is 20.4. The van der Waals surface area contributed by atoms with Crippen molar-refractivity contribution < 1.29 is 13.2 Å². The van der Waals surface area contributed by atoms with Crippen LogP contribution in [0, 0.1) is 0 Å². The van der Waals surface area contributed by atoms with E-state index in [0.29, 0.717) is 11.7 Å². The largest absolute Gasteiger partial charge is 0.435 e. The lowest BCUT2D eigenvalue weighted by molar-refractivity contribution is -0.141. The van der Waals surface area contributed by atoms with Crippen LogP contribution >= 0.6 is 11.3 Å². The smallest absolute Gasteiger partial charge is 0.375 e. The fourth-order valence-corrected chi connectivity index (χ4v) is 3.43. The van der Waals surface area contributed by atoms with Crippen molar-refractivity contribution in [3.8, 4) is 0 Å². The summed E-state index contributed by atoms with van der Waals surface area (Å²) >= 11 is 1.44. The lowest BCUT2D eigenvalue weighted by atomic mass is 10.1. The van der Waals surface area contributed by atoms with Crippen molar-refractivity contribution in [1.29, 1.82) is 0 Å². The van der Waals surface area contributed by atoms with E-state index in [9.17, 15) is 13.2 Å². The van der Waals surface area contributed by atoms with Crippen molar-refractivity contribution in [2.24, 2.45) is 0 Å². The number of halogens is 3. The van der Waals surface area contributed by atoms with E-state index in [4.69, 9.17) is 5.73 Å². The predicted octanol–water partition coefficient (Wildman–Crippen LogP) is 2.78. The molecule has 9 heteroatoms. The Bertz CT molecular complexity index is 636. The summed E-state index contributed by atoms with van der Waals surface area (Å²) < 4.78 is 39.3. The van der Waals surface area contributed by atoms with E-state index in [1.54, 1.807) is 6.20 Å². The molecule has 0 saturated carbocycles. The number of rotatable bonds is 3. The molecule has 0 radical (unpaired) electrons. The lowest BCUT2D eigenvalue weighted by Crippen LogP contribution is -2.36. The number of alkyl halides is 3. The molecule has 0 spiro atoms. The molecule has 5 nitrogen and oxygen atoms in total. The van der Waals surface area contributed by atoms with Gasteiger partial charge in [0.25, 0.3) is 0 Å². The topological polar surface area (TPSA) is 60.0 Å². The van der Waals surface area contributed by atoms with Crippen molar-refractivity contribution in [3.63, 3.8) is 0 Å². The number of hydrogen-bond acceptors (Lipinski definition) is 5. The summed E-state index contributed by atoms with van der Waals surface area (Å²) in [6.45, 7) is 2.32. The average molecular weight is 331 g/mol. The van der Waals surface area contributed by atoms with Crippen molar-refractivity contribution in [3.05, 3.63) is 29.0 Å². The van der Waals surface area contributed by atoms with E-state index in [2.05, 4.69) is 15.0 Å². The van der Waals surface area contributed by atoms with Crippen LogP contribution in [-0.4, -0.2) is 32.8 Å². The molecule has 2 N–H and O–H groups in total. The van der Waals surface area contributed by atoms with Gasteiger partial charge in [-0.1, -0.05) is 0 Å². The van der Waals surface area contributed by atoms with Crippen LogP contribution in [-0.2, 0) is 12.7 Å². The molecular formula is C13H16F3N5S. The standard InChI is InChI=1S/C13H16F3N5S/c14-13(15,16)11-3-5-21(19-11)9-2-1-4-20(7-9)8-10-6-18-12(17)22-10/h3,5-6,9H,1-2,4,7-8H2,(H2,17,18). The van der Waals surface area contributed by atoms with E-state index in [-0.39, 0.29) is 6.04 Å². The van der Waals surface area contributed by atoms with Crippen molar-refractivity contribution in [1.82, 2.24) is 19.7 Å². The maximum atomic E-state index is 12.6. The molecule has 120 valence electrons. The zero-order chi connectivity index (χ0) is 15.7. The van der Waals surface area contributed by atoms with Crippen molar-refractivity contribution in [2.75, 3.05) is 18.8 Å². The van der Waals surface area contributed by atoms with Crippen LogP contribution in [0.2, 0.25) is 0 Å². The number of likely N-dealkylation sites (tertiary alicyclic amines) is 1. The van der Waals surface area contributed by atoms with Crippen LogP contribution in [0.25, 0.3) is 0 Å². The maximum Gasteiger partial charge on any atom is 0.435 e. The molecule has 0 amide bonds. The Morgan fingerprint density at radius 3 is 2.86 bits per heavy atom. The zero-order valence-electron chi connectivity index (χ0n) is 11.8. The van der Waals surface area contributed by atoms with Crippen LogP contribution in [0.5, 0.6) is 0 Å². The zero-order valence-corrected chi connectivity index (χ0v) is 12.6. The third-order valence-corrected chi connectivity index (χ3v) is 4.52. The summed E-state index contributed by atoms with van der Waals surface area (Å²) in [7, 11) is 0. The highest BCUT2D eigenvalue weighted by atomic mass is 32.1. The second kappa shape index (κ2) is 5.88. The number of hydrogen-bond donors (Lipinski definition) is 1. The van der Waals surface area contributed by atoms with Gasteiger partial charge >= 0.3 is 6.18 Å². The summed E-state index contributed by atoms with van der Waals surface area (Å²) in [5.74, 6) is 0. The first-order valence-electron chi connectivity index (χ1n) is 6.97. The molecule has 1 aliphatic rings. The molecule has 1 saturated heterocycles. The van der Waals surface area contributed by atoms with Gasteiger partial charge in [-0.3, -0.25) is 9.58 Å². The number of nitrogens with two attached hydrogens (primary N) is 1. The Morgan fingerprint density at radius 2 is 2.23 bits per heavy atom.